The topological polar surface area (TPSA) is 51.1 Å². The molecule has 31 heavy (non-hydrogen) atoms. The van der Waals surface area contributed by atoms with E-state index in [0.29, 0.717) is 18.5 Å². The van der Waals surface area contributed by atoms with Crippen molar-refractivity contribution in [3.05, 3.63) is 106 Å². The summed E-state index contributed by atoms with van der Waals surface area (Å²) in [6.07, 6.45) is 2.98. The van der Waals surface area contributed by atoms with E-state index in [0.717, 1.165) is 42.4 Å². The highest BCUT2D eigenvalue weighted by Gasteiger charge is 2.23. The first kappa shape index (κ1) is 19.5. The lowest BCUT2D eigenvalue weighted by atomic mass is 9.99. The first-order valence-corrected chi connectivity index (χ1v) is 10.7. The lowest BCUT2D eigenvalue weighted by molar-refractivity contribution is 0.0915. The van der Waals surface area contributed by atoms with Gasteiger partial charge in [0.15, 0.2) is 0 Å². The van der Waals surface area contributed by atoms with E-state index in [1.54, 1.807) is 0 Å². The van der Waals surface area contributed by atoms with Gasteiger partial charge in [0.05, 0.1) is 11.9 Å². The number of aromatic nitrogens is 1. The van der Waals surface area contributed by atoms with Crippen molar-refractivity contribution in [1.29, 1.82) is 0 Å². The number of fused-ring (bicyclic) bond motifs is 3. The van der Waals surface area contributed by atoms with Crippen LogP contribution in [0.15, 0.2) is 72.8 Å². The van der Waals surface area contributed by atoms with Gasteiger partial charge in [-0.25, -0.2) is 0 Å². The first-order valence-electron chi connectivity index (χ1n) is 10.7. The van der Waals surface area contributed by atoms with Crippen LogP contribution in [0.3, 0.4) is 0 Å². The summed E-state index contributed by atoms with van der Waals surface area (Å²) in [4.78, 5) is 24.2. The number of nitrogens with zero attached hydrogens (tertiary/aromatic N) is 1. The molecule has 0 fully saturated rings. The summed E-state index contributed by atoms with van der Waals surface area (Å²) in [5, 5.41) is 4.61. The Morgan fingerprint density at radius 1 is 0.935 bits per heavy atom. The van der Waals surface area contributed by atoms with E-state index in [2.05, 4.69) is 23.5 Å². The Balaban J connectivity index is 1.52. The number of nitrogens with one attached hydrogen (secondary N) is 1. The minimum Gasteiger partial charge on any atom is -0.311 e. The van der Waals surface area contributed by atoms with Crippen LogP contribution in [0.25, 0.3) is 10.9 Å². The molecule has 4 nitrogen and oxygen atoms in total. The molecular formula is C27H24N2O2. The lowest BCUT2D eigenvalue weighted by Gasteiger charge is -2.16. The van der Waals surface area contributed by atoms with Crippen LogP contribution < -0.4 is 5.32 Å². The molecule has 1 aromatic heterocycles. The third kappa shape index (κ3) is 3.82. The monoisotopic (exact) mass is 408 g/mol. The average molecular weight is 409 g/mol. The number of hydrogen-bond donors (Lipinski definition) is 1. The fourth-order valence-corrected chi connectivity index (χ4v) is 4.53. The van der Waals surface area contributed by atoms with Crippen LogP contribution in [0, 0.1) is 0 Å². The van der Waals surface area contributed by atoms with Crippen molar-refractivity contribution in [1.82, 2.24) is 9.88 Å². The van der Waals surface area contributed by atoms with Crippen LogP contribution in [0.5, 0.6) is 0 Å². The summed E-state index contributed by atoms with van der Waals surface area (Å²) >= 11 is 0. The van der Waals surface area contributed by atoms with Crippen molar-refractivity contribution < 1.29 is 9.59 Å². The van der Waals surface area contributed by atoms with Crippen LogP contribution in [-0.4, -0.2) is 23.3 Å². The molecule has 0 bridgehead atoms. The number of aldehydes is 1. The Bertz CT molecular complexity index is 1250. The summed E-state index contributed by atoms with van der Waals surface area (Å²) in [5.41, 5.74) is 7.47. The van der Waals surface area contributed by atoms with Crippen molar-refractivity contribution in [3.8, 4) is 0 Å². The van der Waals surface area contributed by atoms with Gasteiger partial charge in [0.25, 0.3) is 0 Å². The van der Waals surface area contributed by atoms with E-state index < -0.39 is 0 Å². The van der Waals surface area contributed by atoms with E-state index in [4.69, 9.17) is 0 Å². The molecule has 0 unspecified atom stereocenters. The first-order chi connectivity index (χ1) is 15.2. The van der Waals surface area contributed by atoms with Crippen molar-refractivity contribution in [2.45, 2.75) is 25.8 Å². The molecule has 0 radical (unpaired) electrons. The van der Waals surface area contributed by atoms with E-state index in [9.17, 15) is 9.59 Å². The Kier molecular flexibility index (Phi) is 5.23. The second-order valence-electron chi connectivity index (χ2n) is 8.13. The van der Waals surface area contributed by atoms with Gasteiger partial charge in [0.1, 0.15) is 6.29 Å². The second-order valence-corrected chi connectivity index (χ2v) is 8.13. The molecule has 1 aliphatic heterocycles. The van der Waals surface area contributed by atoms with Crippen molar-refractivity contribution >= 4 is 23.1 Å². The molecular weight excluding hydrogens is 384 g/mol. The normalized spacial score (nSPS) is 13.2. The zero-order valence-corrected chi connectivity index (χ0v) is 17.3. The standard InChI is InChI=1S/C27H24N2O2/c30-18-21-8-6-20(7-9-21)14-22-10-11-25-24(15-22)23-12-13-28-17-26(23)29(25)27(31)16-19-4-2-1-3-5-19/h1-11,15,18,28H,12-14,16-17H2. The molecule has 0 saturated heterocycles. The molecule has 1 aliphatic rings. The molecule has 154 valence electrons. The minimum absolute atomic E-state index is 0.110. The van der Waals surface area contributed by atoms with Crippen molar-refractivity contribution in [2.75, 3.05) is 6.54 Å². The van der Waals surface area contributed by atoms with Gasteiger partial charge in [-0.15, -0.1) is 0 Å². The molecule has 2 heterocycles. The highest BCUT2D eigenvalue weighted by atomic mass is 16.2. The number of carbonyl (C=O) groups is 2. The van der Waals surface area contributed by atoms with Crippen LogP contribution in [0.4, 0.5) is 0 Å². The van der Waals surface area contributed by atoms with Gasteiger partial charge in [0, 0.05) is 23.2 Å². The molecule has 4 heteroatoms. The third-order valence-electron chi connectivity index (χ3n) is 6.06. The highest BCUT2D eigenvalue weighted by Crippen LogP contribution is 2.30. The Labute approximate surface area is 181 Å². The Morgan fingerprint density at radius 3 is 2.48 bits per heavy atom. The van der Waals surface area contributed by atoms with E-state index in [-0.39, 0.29) is 5.91 Å². The van der Waals surface area contributed by atoms with Crippen LogP contribution >= 0.6 is 0 Å². The van der Waals surface area contributed by atoms with Gasteiger partial charge in [-0.2, -0.15) is 0 Å². The summed E-state index contributed by atoms with van der Waals surface area (Å²) in [6.45, 7) is 1.64. The van der Waals surface area contributed by atoms with Gasteiger partial charge in [0.2, 0.25) is 5.91 Å². The van der Waals surface area contributed by atoms with E-state index in [1.807, 2.05) is 59.2 Å². The third-order valence-corrected chi connectivity index (χ3v) is 6.06. The van der Waals surface area contributed by atoms with Crippen LogP contribution in [0.2, 0.25) is 0 Å². The highest BCUT2D eigenvalue weighted by molar-refractivity contribution is 5.97. The SMILES string of the molecule is O=Cc1ccc(Cc2ccc3c(c2)c2c(n3C(=O)Cc3ccccc3)CNCC2)cc1. The Hall–Kier alpha value is -3.50. The molecule has 3 aromatic carbocycles. The van der Waals surface area contributed by atoms with Gasteiger partial charge in [-0.05, 0) is 53.8 Å². The maximum absolute atomic E-state index is 13.3. The average Bonchev–Trinajstić information content (AvgIpc) is 3.14. The molecule has 0 atom stereocenters. The fraction of sp³-hybridized carbons (Fsp3) is 0.185. The summed E-state index contributed by atoms with van der Waals surface area (Å²) in [7, 11) is 0. The number of rotatable bonds is 5. The quantitative estimate of drug-likeness (QED) is 0.492. The van der Waals surface area contributed by atoms with Gasteiger partial charge in [-0.1, -0.05) is 60.7 Å². The molecule has 1 N–H and O–H groups in total. The predicted molar refractivity (Wildman–Crippen MR) is 123 cm³/mol. The number of carbonyl (C=O) groups excluding carboxylic acids is 2. The van der Waals surface area contributed by atoms with Crippen LogP contribution in [-0.2, 0) is 25.8 Å². The Morgan fingerprint density at radius 2 is 1.71 bits per heavy atom. The summed E-state index contributed by atoms with van der Waals surface area (Å²) in [5.74, 6) is 0.110. The van der Waals surface area contributed by atoms with Gasteiger partial charge < -0.3 is 5.32 Å². The smallest absolute Gasteiger partial charge is 0.235 e. The zero-order chi connectivity index (χ0) is 21.2. The fourth-order valence-electron chi connectivity index (χ4n) is 4.53. The zero-order valence-electron chi connectivity index (χ0n) is 17.3. The van der Waals surface area contributed by atoms with E-state index >= 15 is 0 Å². The van der Waals surface area contributed by atoms with E-state index in [1.165, 1.54) is 22.1 Å². The maximum atomic E-state index is 13.3. The maximum Gasteiger partial charge on any atom is 0.235 e. The lowest BCUT2D eigenvalue weighted by Crippen LogP contribution is -2.27. The van der Waals surface area contributed by atoms with Crippen molar-refractivity contribution in [3.63, 3.8) is 0 Å². The molecule has 0 spiro atoms. The molecule has 0 saturated carbocycles. The van der Waals surface area contributed by atoms with Gasteiger partial charge >= 0.3 is 0 Å². The molecule has 0 aliphatic carbocycles. The second kappa shape index (κ2) is 8.32. The molecule has 5 rings (SSSR count). The molecule has 0 amide bonds. The summed E-state index contributed by atoms with van der Waals surface area (Å²) < 4.78 is 1.92. The minimum atomic E-state index is 0.110. The van der Waals surface area contributed by atoms with Crippen LogP contribution in [0.1, 0.15) is 43.1 Å². The predicted octanol–water partition coefficient (Wildman–Crippen LogP) is 4.57. The van der Waals surface area contributed by atoms with Crippen molar-refractivity contribution in [2.24, 2.45) is 0 Å². The summed E-state index contributed by atoms with van der Waals surface area (Å²) in [6, 6.07) is 24.1. The molecule has 4 aromatic rings. The number of benzene rings is 3. The number of hydrogen-bond acceptors (Lipinski definition) is 3. The largest absolute Gasteiger partial charge is 0.311 e. The van der Waals surface area contributed by atoms with Gasteiger partial charge in [-0.3, -0.25) is 14.2 Å².